The number of aliphatic hydroxyl groups excluding tert-OH is 1. The molecule has 78 valence electrons. The van der Waals surface area contributed by atoms with Gasteiger partial charge in [-0.3, -0.25) is 0 Å². The monoisotopic (exact) mass is 326 g/mol. The van der Waals surface area contributed by atoms with Gasteiger partial charge < -0.3 is 9.84 Å². The largest absolute Gasteiger partial charge is 0.488 e. The second kappa shape index (κ2) is 5.68. The Balaban J connectivity index is 2.59. The molecule has 0 fully saturated rings. The van der Waals surface area contributed by atoms with Gasteiger partial charge in [-0.05, 0) is 18.2 Å². The zero-order valence-corrected chi connectivity index (χ0v) is 10.4. The summed E-state index contributed by atoms with van der Waals surface area (Å²) in [6.45, 7) is 0.0732. The van der Waals surface area contributed by atoms with Gasteiger partial charge in [-0.25, -0.2) is 4.39 Å². The number of hydrogen-bond donors (Lipinski definition) is 1. The first-order chi connectivity index (χ1) is 6.63. The third-order valence-corrected chi connectivity index (χ3v) is 2.74. The Morgan fingerprint density at radius 2 is 2.21 bits per heavy atom. The SMILES string of the molecule is OC(CBr)COc1ccc(Br)cc1F. The van der Waals surface area contributed by atoms with Crippen molar-refractivity contribution in [1.82, 2.24) is 0 Å². The van der Waals surface area contributed by atoms with Crippen LogP contribution in [0.2, 0.25) is 0 Å². The first-order valence-corrected chi connectivity index (χ1v) is 5.87. The highest BCUT2D eigenvalue weighted by molar-refractivity contribution is 9.10. The van der Waals surface area contributed by atoms with Crippen molar-refractivity contribution < 1.29 is 14.2 Å². The Hall–Kier alpha value is -0.130. The summed E-state index contributed by atoms with van der Waals surface area (Å²) >= 11 is 6.22. The molecular weight excluding hydrogens is 319 g/mol. The number of alkyl halides is 1. The molecule has 1 atom stereocenters. The number of halogens is 3. The maximum Gasteiger partial charge on any atom is 0.166 e. The van der Waals surface area contributed by atoms with Gasteiger partial charge in [0.05, 0.1) is 6.10 Å². The molecule has 1 N–H and O–H groups in total. The molecule has 0 saturated carbocycles. The molecule has 0 amide bonds. The maximum atomic E-state index is 13.2. The average molecular weight is 328 g/mol. The number of rotatable bonds is 4. The minimum atomic E-state index is -0.627. The number of benzene rings is 1. The van der Waals surface area contributed by atoms with Crippen LogP contribution in [-0.4, -0.2) is 23.1 Å². The topological polar surface area (TPSA) is 29.5 Å². The van der Waals surface area contributed by atoms with Gasteiger partial charge in [0.2, 0.25) is 0 Å². The van der Waals surface area contributed by atoms with Crippen LogP contribution >= 0.6 is 31.9 Å². The van der Waals surface area contributed by atoms with E-state index in [1.54, 1.807) is 6.07 Å². The quantitative estimate of drug-likeness (QED) is 0.862. The van der Waals surface area contributed by atoms with E-state index in [1.165, 1.54) is 12.1 Å². The van der Waals surface area contributed by atoms with Crippen molar-refractivity contribution in [2.75, 3.05) is 11.9 Å². The van der Waals surface area contributed by atoms with Crippen LogP contribution in [0.5, 0.6) is 5.75 Å². The van der Waals surface area contributed by atoms with Crippen molar-refractivity contribution in [2.45, 2.75) is 6.10 Å². The molecule has 0 aliphatic carbocycles. The lowest BCUT2D eigenvalue weighted by atomic mass is 10.3. The fraction of sp³-hybridized carbons (Fsp3) is 0.333. The van der Waals surface area contributed by atoms with Crippen molar-refractivity contribution in [1.29, 1.82) is 0 Å². The highest BCUT2D eigenvalue weighted by Gasteiger charge is 2.07. The fourth-order valence-electron chi connectivity index (χ4n) is 0.823. The van der Waals surface area contributed by atoms with Crippen molar-refractivity contribution in [2.24, 2.45) is 0 Å². The van der Waals surface area contributed by atoms with E-state index in [9.17, 15) is 4.39 Å². The molecule has 1 aromatic carbocycles. The molecule has 0 spiro atoms. The third kappa shape index (κ3) is 3.55. The molecule has 14 heavy (non-hydrogen) atoms. The van der Waals surface area contributed by atoms with Gasteiger partial charge >= 0.3 is 0 Å². The van der Waals surface area contributed by atoms with Crippen LogP contribution < -0.4 is 4.74 Å². The summed E-state index contributed by atoms with van der Waals surface area (Å²) in [7, 11) is 0. The number of ether oxygens (including phenoxy) is 1. The van der Waals surface area contributed by atoms with Gasteiger partial charge in [0.1, 0.15) is 6.61 Å². The van der Waals surface area contributed by atoms with Crippen molar-refractivity contribution >= 4 is 31.9 Å². The van der Waals surface area contributed by atoms with Crippen molar-refractivity contribution in [3.63, 3.8) is 0 Å². The van der Waals surface area contributed by atoms with Gasteiger partial charge in [0, 0.05) is 9.80 Å². The smallest absolute Gasteiger partial charge is 0.166 e. The van der Waals surface area contributed by atoms with Crippen LogP contribution in [0.25, 0.3) is 0 Å². The molecule has 2 nitrogen and oxygen atoms in total. The first kappa shape index (κ1) is 11.9. The lowest BCUT2D eigenvalue weighted by molar-refractivity contribution is 0.124. The van der Waals surface area contributed by atoms with E-state index in [4.69, 9.17) is 9.84 Å². The zero-order valence-electron chi connectivity index (χ0n) is 7.21. The third-order valence-electron chi connectivity index (χ3n) is 1.50. The molecule has 0 bridgehead atoms. The van der Waals surface area contributed by atoms with Crippen LogP contribution in [0.4, 0.5) is 4.39 Å². The standard InChI is InChI=1S/C9H9Br2FO2/c10-4-7(13)5-14-9-2-1-6(11)3-8(9)12/h1-3,7,13H,4-5H2. The van der Waals surface area contributed by atoms with Crippen molar-refractivity contribution in [3.05, 3.63) is 28.5 Å². The van der Waals surface area contributed by atoms with Gasteiger partial charge in [0.25, 0.3) is 0 Å². The van der Waals surface area contributed by atoms with Gasteiger partial charge in [-0.1, -0.05) is 31.9 Å². The Kier molecular flexibility index (Phi) is 4.84. The summed E-state index contributed by atoms with van der Waals surface area (Å²) in [5.41, 5.74) is 0. The molecule has 1 unspecified atom stereocenters. The van der Waals surface area contributed by atoms with Gasteiger partial charge in [-0.2, -0.15) is 0 Å². The molecular formula is C9H9Br2FO2. The van der Waals surface area contributed by atoms with E-state index in [0.29, 0.717) is 9.80 Å². The normalized spacial score (nSPS) is 12.6. The predicted octanol–water partition coefficient (Wildman–Crippen LogP) is 2.72. The van der Waals surface area contributed by atoms with E-state index >= 15 is 0 Å². The minimum Gasteiger partial charge on any atom is -0.488 e. The Labute approximate surface area is 98.3 Å². The number of hydrogen-bond acceptors (Lipinski definition) is 2. The van der Waals surface area contributed by atoms with E-state index in [0.717, 1.165) is 0 Å². The van der Waals surface area contributed by atoms with Crippen molar-refractivity contribution in [3.8, 4) is 5.75 Å². The second-order valence-corrected chi connectivity index (χ2v) is 4.26. The Bertz CT molecular complexity index is 307. The molecule has 0 aromatic heterocycles. The molecule has 0 heterocycles. The Morgan fingerprint density at radius 3 is 2.79 bits per heavy atom. The van der Waals surface area contributed by atoms with E-state index in [1.807, 2.05) is 0 Å². The molecule has 1 rings (SSSR count). The Morgan fingerprint density at radius 1 is 1.50 bits per heavy atom. The molecule has 0 radical (unpaired) electrons. The second-order valence-electron chi connectivity index (χ2n) is 2.69. The van der Waals surface area contributed by atoms with Crippen LogP contribution in [0, 0.1) is 5.82 Å². The van der Waals surface area contributed by atoms with E-state index in [-0.39, 0.29) is 12.4 Å². The summed E-state index contributed by atoms with van der Waals surface area (Å²) < 4.78 is 18.9. The average Bonchev–Trinajstić information content (AvgIpc) is 2.16. The molecule has 0 aliphatic heterocycles. The summed E-state index contributed by atoms with van der Waals surface area (Å²) in [4.78, 5) is 0. The predicted molar refractivity (Wildman–Crippen MR) is 59.4 cm³/mol. The van der Waals surface area contributed by atoms with Crippen LogP contribution in [-0.2, 0) is 0 Å². The summed E-state index contributed by atoms with van der Waals surface area (Å²) in [6, 6.07) is 4.51. The first-order valence-electron chi connectivity index (χ1n) is 3.95. The molecule has 0 aliphatic rings. The molecule has 5 heteroatoms. The van der Waals surface area contributed by atoms with Crippen LogP contribution in [0.3, 0.4) is 0 Å². The summed E-state index contributed by atoms with van der Waals surface area (Å²) in [6.07, 6.45) is -0.627. The van der Waals surface area contributed by atoms with E-state index in [2.05, 4.69) is 31.9 Å². The van der Waals surface area contributed by atoms with Crippen LogP contribution in [0.15, 0.2) is 22.7 Å². The molecule has 0 saturated heterocycles. The summed E-state index contributed by atoms with van der Waals surface area (Å²) in [5, 5.41) is 9.57. The number of aliphatic hydroxyl groups is 1. The van der Waals surface area contributed by atoms with Gasteiger partial charge in [0.15, 0.2) is 11.6 Å². The van der Waals surface area contributed by atoms with Crippen LogP contribution in [0.1, 0.15) is 0 Å². The fourth-order valence-corrected chi connectivity index (χ4v) is 1.34. The maximum absolute atomic E-state index is 13.2. The van der Waals surface area contributed by atoms with E-state index < -0.39 is 11.9 Å². The lowest BCUT2D eigenvalue weighted by Crippen LogP contribution is -2.18. The zero-order chi connectivity index (χ0) is 10.6. The summed E-state index contributed by atoms with van der Waals surface area (Å²) in [5.74, 6) is -0.297. The lowest BCUT2D eigenvalue weighted by Gasteiger charge is -2.10. The minimum absolute atomic E-state index is 0.0732. The van der Waals surface area contributed by atoms with Gasteiger partial charge in [-0.15, -0.1) is 0 Å². The highest BCUT2D eigenvalue weighted by atomic mass is 79.9. The molecule has 1 aromatic rings. The highest BCUT2D eigenvalue weighted by Crippen LogP contribution is 2.21.